The molecule has 7 nitrogen and oxygen atoms in total. The number of aryl methyl sites for hydroxylation is 1. The minimum absolute atomic E-state index is 0.0836. The normalized spacial score (nSPS) is 13.4. The van der Waals surface area contributed by atoms with Crippen LogP contribution in [0.15, 0.2) is 35.7 Å². The number of nitrogens with one attached hydrogen (secondary N) is 1. The minimum Gasteiger partial charge on any atom is -0.329 e. The van der Waals surface area contributed by atoms with E-state index in [1.807, 2.05) is 19.1 Å². The van der Waals surface area contributed by atoms with E-state index in [0.29, 0.717) is 22.0 Å². The molecule has 30 heavy (non-hydrogen) atoms. The van der Waals surface area contributed by atoms with Gasteiger partial charge in [0.2, 0.25) is 0 Å². The van der Waals surface area contributed by atoms with Gasteiger partial charge in [0.1, 0.15) is 5.00 Å². The first-order chi connectivity index (χ1) is 14.5. The lowest BCUT2D eigenvalue weighted by Crippen LogP contribution is -2.39. The number of nitrogens with zero attached hydrogens (tertiary/aromatic N) is 4. The Morgan fingerprint density at radius 2 is 1.93 bits per heavy atom. The van der Waals surface area contributed by atoms with Crippen molar-refractivity contribution in [3.8, 4) is 0 Å². The standard InChI is InChI=1S/C20H19F2N5O2S/c1-2-12-3-5-13(6-4-12)18(28)23-19-14(7-10-30-19)20(29)26-8-9-27-15(11-26)24-25-17(27)16(21)22/h3-7,10,16H,2,8-9,11H2,1H3,(H,23,28). The lowest BCUT2D eigenvalue weighted by atomic mass is 10.1. The van der Waals surface area contributed by atoms with Gasteiger partial charge >= 0.3 is 0 Å². The molecule has 4 rings (SSSR count). The molecule has 0 atom stereocenters. The Kier molecular flexibility index (Phi) is 5.58. The quantitative estimate of drug-likeness (QED) is 0.667. The molecule has 10 heteroatoms. The number of amides is 2. The van der Waals surface area contributed by atoms with E-state index in [1.54, 1.807) is 23.6 Å². The van der Waals surface area contributed by atoms with Gasteiger partial charge in [-0.15, -0.1) is 21.5 Å². The largest absolute Gasteiger partial charge is 0.329 e. The van der Waals surface area contributed by atoms with E-state index >= 15 is 0 Å². The van der Waals surface area contributed by atoms with Gasteiger partial charge in [0.25, 0.3) is 18.2 Å². The Bertz CT molecular complexity index is 1080. The Labute approximate surface area is 175 Å². The molecule has 3 heterocycles. The van der Waals surface area contributed by atoms with Crippen LogP contribution in [-0.4, -0.2) is 38.0 Å². The SMILES string of the molecule is CCc1ccc(C(=O)Nc2sccc2C(=O)N2CCn3c(nnc3C(F)F)C2)cc1. The van der Waals surface area contributed by atoms with E-state index in [0.717, 1.165) is 12.0 Å². The molecule has 1 aromatic carbocycles. The second kappa shape index (κ2) is 8.31. The van der Waals surface area contributed by atoms with Gasteiger partial charge in [-0.1, -0.05) is 19.1 Å². The summed E-state index contributed by atoms with van der Waals surface area (Å²) in [6.07, 6.45) is -1.83. The zero-order chi connectivity index (χ0) is 21.3. The highest BCUT2D eigenvalue weighted by Gasteiger charge is 2.29. The van der Waals surface area contributed by atoms with Crippen LogP contribution < -0.4 is 5.32 Å². The number of alkyl halides is 2. The lowest BCUT2D eigenvalue weighted by Gasteiger charge is -2.28. The fraction of sp³-hybridized carbons (Fsp3) is 0.300. The van der Waals surface area contributed by atoms with Crippen molar-refractivity contribution in [3.05, 3.63) is 64.1 Å². The van der Waals surface area contributed by atoms with Crippen molar-refractivity contribution in [2.45, 2.75) is 32.9 Å². The molecular weight excluding hydrogens is 412 g/mol. The van der Waals surface area contributed by atoms with Gasteiger partial charge in [-0.25, -0.2) is 8.78 Å². The van der Waals surface area contributed by atoms with E-state index in [1.165, 1.54) is 20.8 Å². The first-order valence-electron chi connectivity index (χ1n) is 9.45. The summed E-state index contributed by atoms with van der Waals surface area (Å²) in [6.45, 7) is 2.57. The van der Waals surface area contributed by atoms with Crippen LogP contribution in [0.3, 0.4) is 0 Å². The molecule has 0 saturated heterocycles. The lowest BCUT2D eigenvalue weighted by molar-refractivity contribution is 0.0700. The molecule has 2 aromatic heterocycles. The highest BCUT2D eigenvalue weighted by Crippen LogP contribution is 2.27. The van der Waals surface area contributed by atoms with E-state index in [-0.39, 0.29) is 37.3 Å². The number of benzene rings is 1. The maximum absolute atomic E-state index is 13.0. The van der Waals surface area contributed by atoms with Gasteiger partial charge in [0, 0.05) is 18.7 Å². The topological polar surface area (TPSA) is 80.1 Å². The molecule has 0 unspecified atom stereocenters. The Morgan fingerprint density at radius 1 is 1.17 bits per heavy atom. The highest BCUT2D eigenvalue weighted by molar-refractivity contribution is 7.14. The third-order valence-corrected chi connectivity index (χ3v) is 5.84. The molecule has 156 valence electrons. The van der Waals surface area contributed by atoms with E-state index in [2.05, 4.69) is 15.5 Å². The Morgan fingerprint density at radius 3 is 2.63 bits per heavy atom. The average molecular weight is 431 g/mol. The Balaban J connectivity index is 1.48. The number of halogens is 2. The van der Waals surface area contributed by atoms with Gasteiger partial charge in [-0.2, -0.15) is 0 Å². The molecule has 1 N–H and O–H groups in total. The number of thiophene rings is 1. The van der Waals surface area contributed by atoms with Crippen molar-refractivity contribution in [2.75, 3.05) is 11.9 Å². The van der Waals surface area contributed by atoms with Crippen molar-refractivity contribution in [2.24, 2.45) is 0 Å². The van der Waals surface area contributed by atoms with Crippen molar-refractivity contribution < 1.29 is 18.4 Å². The summed E-state index contributed by atoms with van der Waals surface area (Å²) in [7, 11) is 0. The summed E-state index contributed by atoms with van der Waals surface area (Å²) in [5, 5.41) is 12.3. The van der Waals surface area contributed by atoms with Crippen LogP contribution in [0.2, 0.25) is 0 Å². The van der Waals surface area contributed by atoms with Crippen LogP contribution >= 0.6 is 11.3 Å². The third kappa shape index (κ3) is 3.82. The van der Waals surface area contributed by atoms with Crippen molar-refractivity contribution in [1.82, 2.24) is 19.7 Å². The number of carbonyl (C=O) groups is 2. The molecule has 0 aliphatic carbocycles. The molecule has 0 radical (unpaired) electrons. The number of anilines is 1. The predicted molar refractivity (Wildman–Crippen MR) is 108 cm³/mol. The number of rotatable bonds is 5. The first-order valence-corrected chi connectivity index (χ1v) is 10.3. The van der Waals surface area contributed by atoms with Crippen molar-refractivity contribution >= 4 is 28.2 Å². The molecule has 0 bridgehead atoms. The summed E-state index contributed by atoms with van der Waals surface area (Å²) >= 11 is 1.25. The van der Waals surface area contributed by atoms with Crippen molar-refractivity contribution in [1.29, 1.82) is 0 Å². The smallest absolute Gasteiger partial charge is 0.297 e. The Hall–Kier alpha value is -3.14. The summed E-state index contributed by atoms with van der Waals surface area (Å²) in [4.78, 5) is 27.1. The first kappa shape index (κ1) is 20.1. The number of fused-ring (bicyclic) bond motifs is 1. The van der Waals surface area contributed by atoms with Gasteiger partial charge < -0.3 is 14.8 Å². The van der Waals surface area contributed by atoms with Crippen LogP contribution in [0.5, 0.6) is 0 Å². The zero-order valence-corrected chi connectivity index (χ0v) is 17.0. The van der Waals surface area contributed by atoms with Crippen molar-refractivity contribution in [3.63, 3.8) is 0 Å². The van der Waals surface area contributed by atoms with E-state index < -0.39 is 6.43 Å². The fourth-order valence-electron chi connectivity index (χ4n) is 3.33. The summed E-state index contributed by atoms with van der Waals surface area (Å²) in [5.74, 6) is -0.647. The van der Waals surface area contributed by atoms with Gasteiger partial charge in [-0.3, -0.25) is 9.59 Å². The molecule has 2 amide bonds. The summed E-state index contributed by atoms with van der Waals surface area (Å²) < 4.78 is 27.3. The molecule has 1 aliphatic heterocycles. The van der Waals surface area contributed by atoms with Gasteiger partial charge in [0.15, 0.2) is 11.6 Å². The summed E-state index contributed by atoms with van der Waals surface area (Å²) in [5.41, 5.74) is 2.00. The van der Waals surface area contributed by atoms with Crippen LogP contribution in [0.1, 0.15) is 51.3 Å². The number of aromatic nitrogens is 3. The second-order valence-corrected chi connectivity index (χ2v) is 7.74. The van der Waals surface area contributed by atoms with Gasteiger partial charge in [0.05, 0.1) is 12.1 Å². The van der Waals surface area contributed by atoms with Crippen LogP contribution in [0.4, 0.5) is 13.8 Å². The maximum Gasteiger partial charge on any atom is 0.297 e. The second-order valence-electron chi connectivity index (χ2n) is 6.82. The minimum atomic E-state index is -2.71. The monoisotopic (exact) mass is 431 g/mol. The maximum atomic E-state index is 13.0. The molecule has 0 saturated carbocycles. The van der Waals surface area contributed by atoms with E-state index in [4.69, 9.17) is 0 Å². The third-order valence-electron chi connectivity index (χ3n) is 5.01. The summed E-state index contributed by atoms with van der Waals surface area (Å²) in [6, 6.07) is 8.94. The molecule has 0 fully saturated rings. The predicted octanol–water partition coefficient (Wildman–Crippen LogP) is 3.75. The molecule has 0 spiro atoms. The molecule has 1 aliphatic rings. The fourth-order valence-corrected chi connectivity index (χ4v) is 4.10. The van der Waals surface area contributed by atoms with Crippen LogP contribution in [-0.2, 0) is 19.5 Å². The van der Waals surface area contributed by atoms with Gasteiger partial charge in [-0.05, 0) is 35.6 Å². The average Bonchev–Trinajstić information content (AvgIpc) is 3.39. The zero-order valence-electron chi connectivity index (χ0n) is 16.1. The highest BCUT2D eigenvalue weighted by atomic mass is 32.1. The number of hydrogen-bond donors (Lipinski definition) is 1. The molecule has 3 aromatic rings. The molecular formula is C20H19F2N5O2S. The van der Waals surface area contributed by atoms with Crippen LogP contribution in [0.25, 0.3) is 0 Å². The number of carbonyl (C=O) groups excluding carboxylic acids is 2. The van der Waals surface area contributed by atoms with E-state index in [9.17, 15) is 18.4 Å². The van der Waals surface area contributed by atoms with Crippen LogP contribution in [0, 0.1) is 0 Å². The number of hydrogen-bond acceptors (Lipinski definition) is 5.